The lowest BCUT2D eigenvalue weighted by Gasteiger charge is -2.19. The normalized spacial score (nSPS) is 11.6. The van der Waals surface area contributed by atoms with E-state index in [0.29, 0.717) is 37.1 Å². The summed E-state index contributed by atoms with van der Waals surface area (Å²) >= 11 is 0. The topological polar surface area (TPSA) is 106 Å². The smallest absolute Gasteiger partial charge is 0.261 e. The molecule has 2 aromatic heterocycles. The van der Waals surface area contributed by atoms with Gasteiger partial charge in [0.2, 0.25) is 0 Å². The van der Waals surface area contributed by atoms with Crippen LogP contribution in [0.25, 0.3) is 33.6 Å². The maximum Gasteiger partial charge on any atom is 0.261 e. The molecule has 0 saturated heterocycles. The molecular weight excluding hydrogens is 540 g/mol. The Morgan fingerprint density at radius 3 is 2.16 bits per heavy atom. The van der Waals surface area contributed by atoms with Crippen LogP contribution in [0.2, 0.25) is 0 Å². The zero-order chi connectivity index (χ0) is 30.6. The third kappa shape index (κ3) is 6.85. The average Bonchev–Trinajstić information content (AvgIpc) is 3.44. The van der Waals surface area contributed by atoms with Crippen LogP contribution < -0.4 is 15.4 Å². The Kier molecular flexibility index (Phi) is 8.76. The van der Waals surface area contributed by atoms with E-state index in [1.54, 1.807) is 4.57 Å². The largest absolute Gasteiger partial charge is 0.528 e. The fourth-order valence-corrected chi connectivity index (χ4v) is 5.01. The predicted octanol–water partition coefficient (Wildman–Crippen LogP) is 6.69. The summed E-state index contributed by atoms with van der Waals surface area (Å²) in [4.78, 5) is 23.0. The molecule has 5 rings (SSSR count). The van der Waals surface area contributed by atoms with Gasteiger partial charge < -0.3 is 14.4 Å². The van der Waals surface area contributed by atoms with Crippen LogP contribution in [0.4, 0.5) is 0 Å². The van der Waals surface area contributed by atoms with Gasteiger partial charge in [-0.3, -0.25) is 9.36 Å². The summed E-state index contributed by atoms with van der Waals surface area (Å²) in [6.45, 7) is 11.5. The molecule has 2 heterocycles. The van der Waals surface area contributed by atoms with Crippen LogP contribution in [0.15, 0.2) is 82.1 Å². The molecule has 0 fully saturated rings. The first kappa shape index (κ1) is 29.8. The van der Waals surface area contributed by atoms with Crippen molar-refractivity contribution in [1.82, 2.24) is 19.7 Å². The van der Waals surface area contributed by atoms with E-state index in [1.165, 1.54) is 0 Å². The van der Waals surface area contributed by atoms with Gasteiger partial charge in [-0.15, -0.1) is 0 Å². The second-order valence-electron chi connectivity index (χ2n) is 11.8. The van der Waals surface area contributed by atoms with Gasteiger partial charge in [0.05, 0.1) is 24.4 Å². The second-order valence-corrected chi connectivity index (χ2v) is 11.8. The number of benzene rings is 3. The minimum absolute atomic E-state index is 0.0430. The van der Waals surface area contributed by atoms with E-state index in [0.717, 1.165) is 45.9 Å². The van der Waals surface area contributed by atoms with E-state index < -0.39 is 6.08 Å². The summed E-state index contributed by atoms with van der Waals surface area (Å²) < 4.78 is 12.4. The molecule has 0 radical (unpaired) electrons. The highest BCUT2D eigenvalue weighted by Gasteiger charge is 2.18. The summed E-state index contributed by atoms with van der Waals surface area (Å²) in [6.07, 6.45) is 1.53. The first-order valence-corrected chi connectivity index (χ1v) is 14.7. The van der Waals surface area contributed by atoms with Gasteiger partial charge >= 0.3 is 0 Å². The summed E-state index contributed by atoms with van der Waals surface area (Å²) in [5.74, 6) is 1.82. The summed E-state index contributed by atoms with van der Waals surface area (Å²) in [5, 5.41) is 15.3. The fraction of sp³-hybridized carbons (Fsp3) is 0.314. The fourth-order valence-electron chi connectivity index (χ4n) is 5.01. The molecule has 0 saturated carbocycles. The molecule has 0 aliphatic rings. The summed E-state index contributed by atoms with van der Waals surface area (Å²) in [7, 11) is 0. The number of aryl methyl sites for hydroxylation is 2. The standard InChI is InChI=1S/C35H38N4O4/c1-6-10-30-36-29(7-2)31(25-17-19-26(20-18-25)42-22-35(3,4)5)33(40)39(30)21-23-13-15-24(16-14-23)27-11-8-9-12-28(27)32-37-34(41)43-38-32/h8-9,11-20H,6-7,10,21-22H2,1-5H3,(H,37,38,41)/p-1. The molecule has 8 heteroatoms. The molecule has 0 spiro atoms. The lowest BCUT2D eigenvalue weighted by atomic mass is 9.98. The highest BCUT2D eigenvalue weighted by molar-refractivity contribution is 5.80. The van der Waals surface area contributed by atoms with Gasteiger partial charge in [-0.1, -0.05) is 95.3 Å². The van der Waals surface area contributed by atoms with Crippen molar-refractivity contribution in [2.45, 2.75) is 60.4 Å². The summed E-state index contributed by atoms with van der Waals surface area (Å²) in [6, 6.07) is 23.4. The Labute approximate surface area is 252 Å². The van der Waals surface area contributed by atoms with Crippen LogP contribution in [0.3, 0.4) is 0 Å². The Morgan fingerprint density at radius 1 is 0.884 bits per heavy atom. The number of rotatable bonds is 10. The van der Waals surface area contributed by atoms with E-state index in [4.69, 9.17) is 9.72 Å². The van der Waals surface area contributed by atoms with E-state index in [1.807, 2.05) is 79.7 Å². The average molecular weight is 578 g/mol. The maximum atomic E-state index is 14.1. The lowest BCUT2D eigenvalue weighted by molar-refractivity contribution is -0.303. The second kappa shape index (κ2) is 12.7. The summed E-state index contributed by atoms with van der Waals surface area (Å²) in [5.41, 5.74) is 5.79. The van der Waals surface area contributed by atoms with Crippen molar-refractivity contribution in [1.29, 1.82) is 0 Å². The minimum Gasteiger partial charge on any atom is -0.528 e. The highest BCUT2D eigenvalue weighted by atomic mass is 16.6. The van der Waals surface area contributed by atoms with Crippen LogP contribution in [-0.2, 0) is 19.4 Å². The Morgan fingerprint density at radius 2 is 1.56 bits per heavy atom. The van der Waals surface area contributed by atoms with E-state index in [-0.39, 0.29) is 16.8 Å². The van der Waals surface area contributed by atoms with Crippen LogP contribution in [0.1, 0.15) is 58.1 Å². The number of hydrogen-bond acceptors (Lipinski definition) is 7. The van der Waals surface area contributed by atoms with Crippen molar-refractivity contribution in [3.8, 4) is 45.5 Å². The molecule has 0 bridgehead atoms. The number of hydrogen-bond donors (Lipinski definition) is 0. The zero-order valence-corrected chi connectivity index (χ0v) is 25.4. The Bertz CT molecular complexity index is 1750. The number of nitrogens with zero attached hydrogens (tertiary/aromatic N) is 4. The highest BCUT2D eigenvalue weighted by Crippen LogP contribution is 2.31. The number of aromatic nitrogens is 4. The van der Waals surface area contributed by atoms with Crippen molar-refractivity contribution in [2.24, 2.45) is 5.41 Å². The molecule has 0 atom stereocenters. The van der Waals surface area contributed by atoms with Crippen molar-refractivity contribution in [3.63, 3.8) is 0 Å². The third-order valence-corrected chi connectivity index (χ3v) is 7.13. The molecule has 43 heavy (non-hydrogen) atoms. The van der Waals surface area contributed by atoms with Gasteiger partial charge in [-0.05, 0) is 52.6 Å². The zero-order valence-electron chi connectivity index (χ0n) is 25.4. The van der Waals surface area contributed by atoms with E-state index in [9.17, 15) is 9.90 Å². The van der Waals surface area contributed by atoms with E-state index in [2.05, 4.69) is 42.4 Å². The Hall–Kier alpha value is -4.72. The van der Waals surface area contributed by atoms with E-state index >= 15 is 0 Å². The van der Waals surface area contributed by atoms with Gasteiger partial charge in [-0.25, -0.2) is 9.97 Å². The van der Waals surface area contributed by atoms with Crippen LogP contribution >= 0.6 is 0 Å². The SMILES string of the molecule is CCCc1nc(CC)c(-c2ccc(OCC(C)(C)C)cc2)c(=O)n1Cc1ccc(-c2ccccc2-c2noc([O-])n2)cc1. The van der Waals surface area contributed by atoms with Gasteiger partial charge in [0, 0.05) is 12.0 Å². The third-order valence-electron chi connectivity index (χ3n) is 7.13. The molecule has 0 amide bonds. The van der Waals surface area contributed by atoms with Crippen LogP contribution in [0, 0.1) is 5.41 Å². The Balaban J connectivity index is 1.47. The molecule has 8 nitrogen and oxygen atoms in total. The predicted molar refractivity (Wildman–Crippen MR) is 166 cm³/mol. The molecule has 3 aromatic carbocycles. The van der Waals surface area contributed by atoms with Gasteiger partial charge in [-0.2, -0.15) is 5.16 Å². The molecule has 222 valence electrons. The first-order chi connectivity index (χ1) is 20.7. The molecule has 0 aliphatic heterocycles. The van der Waals surface area contributed by atoms with Crippen molar-refractivity contribution >= 4 is 0 Å². The molecule has 0 unspecified atom stereocenters. The van der Waals surface area contributed by atoms with Crippen molar-refractivity contribution in [3.05, 3.63) is 100 Å². The molecule has 5 aromatic rings. The molecule has 0 N–H and O–H groups in total. The van der Waals surface area contributed by atoms with Gasteiger partial charge in [0.15, 0.2) is 11.9 Å². The monoisotopic (exact) mass is 577 g/mol. The molecule has 0 aliphatic carbocycles. The van der Waals surface area contributed by atoms with Crippen LogP contribution in [0.5, 0.6) is 11.8 Å². The molecular formula is C35H37N4O4-. The van der Waals surface area contributed by atoms with Crippen LogP contribution in [-0.4, -0.2) is 26.3 Å². The van der Waals surface area contributed by atoms with Crippen molar-refractivity contribution in [2.75, 3.05) is 6.61 Å². The minimum atomic E-state index is -0.722. The lowest BCUT2D eigenvalue weighted by Crippen LogP contribution is -2.29. The first-order valence-electron chi connectivity index (χ1n) is 14.7. The van der Waals surface area contributed by atoms with Gasteiger partial charge in [0.25, 0.3) is 5.56 Å². The quantitative estimate of drug-likeness (QED) is 0.182. The number of ether oxygens (including phenoxy) is 1. The van der Waals surface area contributed by atoms with Gasteiger partial charge in [0.1, 0.15) is 11.6 Å². The maximum absolute atomic E-state index is 14.1. The van der Waals surface area contributed by atoms with Crippen molar-refractivity contribution < 1.29 is 14.4 Å².